The maximum absolute atomic E-state index is 5.49. The minimum Gasteiger partial charge on any atom is -0.382 e. The van der Waals surface area contributed by atoms with Gasteiger partial charge in [0.2, 0.25) is 0 Å². The predicted octanol–water partition coefficient (Wildman–Crippen LogP) is 1.24. The van der Waals surface area contributed by atoms with E-state index in [1.165, 1.54) is 0 Å². The minimum atomic E-state index is 0.389. The minimum absolute atomic E-state index is 0.389. The van der Waals surface area contributed by atoms with Crippen molar-refractivity contribution >= 4 is 11.3 Å². The van der Waals surface area contributed by atoms with Gasteiger partial charge in [0.25, 0.3) is 0 Å². The Morgan fingerprint density at radius 2 is 2.00 bits per heavy atom. The summed E-state index contributed by atoms with van der Waals surface area (Å²) in [6.45, 7) is 3.40. The molecule has 4 nitrogen and oxygen atoms in total. The Bertz CT molecular complexity index is 381. The van der Waals surface area contributed by atoms with Crippen LogP contribution in [-0.2, 0) is 20.8 Å². The number of thiophene rings is 1. The Hall–Kier alpha value is -0.900. The van der Waals surface area contributed by atoms with Crippen LogP contribution in [-0.4, -0.2) is 40.1 Å². The molecule has 0 spiro atoms. The van der Waals surface area contributed by atoms with Gasteiger partial charge in [-0.2, -0.15) is 0 Å². The van der Waals surface area contributed by atoms with Crippen molar-refractivity contribution in [3.05, 3.63) is 21.9 Å². The van der Waals surface area contributed by atoms with Crippen molar-refractivity contribution in [2.45, 2.75) is 6.61 Å². The fourth-order valence-corrected chi connectivity index (χ4v) is 1.96. The molecule has 0 bridgehead atoms. The van der Waals surface area contributed by atoms with E-state index in [4.69, 9.17) is 19.9 Å². The zero-order valence-corrected chi connectivity index (χ0v) is 11.4. The summed E-state index contributed by atoms with van der Waals surface area (Å²) in [5.41, 5.74) is 6.31. The summed E-state index contributed by atoms with van der Waals surface area (Å²) >= 11 is 1.64. The van der Waals surface area contributed by atoms with Crippen LogP contribution in [0, 0.1) is 11.8 Å². The van der Waals surface area contributed by atoms with Gasteiger partial charge in [0, 0.05) is 22.9 Å². The molecule has 1 aromatic rings. The lowest BCUT2D eigenvalue weighted by Crippen LogP contribution is -2.07. The van der Waals surface area contributed by atoms with Crippen LogP contribution in [0.15, 0.2) is 11.4 Å². The molecule has 0 aliphatic carbocycles. The Morgan fingerprint density at radius 3 is 2.78 bits per heavy atom. The van der Waals surface area contributed by atoms with Gasteiger partial charge in [0.1, 0.15) is 0 Å². The molecule has 0 aliphatic rings. The molecule has 0 aromatic carbocycles. The fraction of sp³-hybridized carbons (Fsp3) is 0.538. The van der Waals surface area contributed by atoms with Crippen LogP contribution in [0.1, 0.15) is 10.4 Å². The molecule has 0 atom stereocenters. The number of hydrogen-bond acceptors (Lipinski definition) is 5. The van der Waals surface area contributed by atoms with Gasteiger partial charge < -0.3 is 19.9 Å². The summed E-state index contributed by atoms with van der Waals surface area (Å²) in [7, 11) is 1.65. The molecule has 0 radical (unpaired) electrons. The van der Waals surface area contributed by atoms with Crippen molar-refractivity contribution in [2.24, 2.45) is 5.73 Å². The second kappa shape index (κ2) is 10.1. The summed E-state index contributed by atoms with van der Waals surface area (Å²) in [5.74, 6) is 5.82. The lowest BCUT2D eigenvalue weighted by atomic mass is 10.3. The molecule has 0 amide bonds. The van der Waals surface area contributed by atoms with E-state index in [0.29, 0.717) is 39.6 Å². The van der Waals surface area contributed by atoms with Crippen LogP contribution in [0.4, 0.5) is 0 Å². The van der Waals surface area contributed by atoms with E-state index in [9.17, 15) is 0 Å². The van der Waals surface area contributed by atoms with Crippen LogP contribution in [0.5, 0.6) is 0 Å². The van der Waals surface area contributed by atoms with Crippen LogP contribution >= 0.6 is 11.3 Å². The zero-order chi connectivity index (χ0) is 13.1. The van der Waals surface area contributed by atoms with E-state index < -0.39 is 0 Å². The SMILES string of the molecule is COCCOCCOCc1cc(C#CCN)cs1. The smallest absolute Gasteiger partial charge is 0.0810 e. The summed E-state index contributed by atoms with van der Waals surface area (Å²) in [4.78, 5) is 1.16. The van der Waals surface area contributed by atoms with E-state index in [2.05, 4.69) is 11.8 Å². The Labute approximate surface area is 112 Å². The molecule has 5 heteroatoms. The standard InChI is InChI=1S/C13H19NO3S/c1-15-5-6-16-7-8-17-10-13-9-12(11-18-13)3-2-4-14/h9,11H,4-8,10,14H2,1H3. The van der Waals surface area contributed by atoms with Crippen molar-refractivity contribution in [3.8, 4) is 11.8 Å². The van der Waals surface area contributed by atoms with Crippen LogP contribution in [0.3, 0.4) is 0 Å². The maximum atomic E-state index is 5.49. The normalized spacial score (nSPS) is 10.1. The number of nitrogens with two attached hydrogens (primary N) is 1. The van der Waals surface area contributed by atoms with Gasteiger partial charge in [-0.25, -0.2) is 0 Å². The lowest BCUT2D eigenvalue weighted by Gasteiger charge is -2.04. The first-order valence-electron chi connectivity index (χ1n) is 5.77. The number of methoxy groups -OCH3 is 1. The molecule has 0 saturated heterocycles. The summed E-state index contributed by atoms with van der Waals surface area (Å²) in [6, 6.07) is 2.03. The van der Waals surface area contributed by atoms with Gasteiger partial charge in [-0.05, 0) is 6.07 Å². The molecule has 0 aliphatic heterocycles. The second-order valence-corrected chi connectivity index (χ2v) is 4.46. The second-order valence-electron chi connectivity index (χ2n) is 3.47. The van der Waals surface area contributed by atoms with Crippen LogP contribution < -0.4 is 5.73 Å². The highest BCUT2D eigenvalue weighted by atomic mass is 32.1. The topological polar surface area (TPSA) is 53.7 Å². The van der Waals surface area contributed by atoms with Crippen molar-refractivity contribution in [2.75, 3.05) is 40.1 Å². The van der Waals surface area contributed by atoms with Crippen molar-refractivity contribution < 1.29 is 14.2 Å². The van der Waals surface area contributed by atoms with Gasteiger partial charge in [-0.1, -0.05) is 11.8 Å². The summed E-state index contributed by atoms with van der Waals surface area (Å²) < 4.78 is 15.6. The zero-order valence-electron chi connectivity index (χ0n) is 10.6. The van der Waals surface area contributed by atoms with Gasteiger partial charge in [-0.15, -0.1) is 11.3 Å². The molecule has 1 aromatic heterocycles. The molecule has 1 rings (SSSR count). The highest BCUT2D eigenvalue weighted by molar-refractivity contribution is 7.10. The van der Waals surface area contributed by atoms with Crippen LogP contribution in [0.25, 0.3) is 0 Å². The van der Waals surface area contributed by atoms with E-state index in [-0.39, 0.29) is 0 Å². The van der Waals surface area contributed by atoms with Crippen molar-refractivity contribution in [1.29, 1.82) is 0 Å². The van der Waals surface area contributed by atoms with Gasteiger partial charge in [-0.3, -0.25) is 0 Å². The third-order valence-corrected chi connectivity index (χ3v) is 2.95. The first-order chi connectivity index (χ1) is 8.86. The Morgan fingerprint density at radius 1 is 1.22 bits per heavy atom. The highest BCUT2D eigenvalue weighted by Crippen LogP contribution is 2.14. The highest BCUT2D eigenvalue weighted by Gasteiger charge is 1.98. The van der Waals surface area contributed by atoms with E-state index >= 15 is 0 Å². The Balaban J connectivity index is 2.10. The van der Waals surface area contributed by atoms with Gasteiger partial charge in [0.05, 0.1) is 39.6 Å². The molecular weight excluding hydrogens is 250 g/mol. The third kappa shape index (κ3) is 6.74. The van der Waals surface area contributed by atoms with Crippen LogP contribution in [0.2, 0.25) is 0 Å². The van der Waals surface area contributed by atoms with Crippen molar-refractivity contribution in [3.63, 3.8) is 0 Å². The van der Waals surface area contributed by atoms with Gasteiger partial charge in [0.15, 0.2) is 0 Å². The average Bonchev–Trinajstić information content (AvgIpc) is 2.83. The molecule has 2 N–H and O–H groups in total. The molecule has 1 heterocycles. The molecule has 18 heavy (non-hydrogen) atoms. The number of rotatable bonds is 8. The van der Waals surface area contributed by atoms with Gasteiger partial charge >= 0.3 is 0 Å². The summed E-state index contributed by atoms with van der Waals surface area (Å²) in [5, 5.41) is 2.01. The quantitative estimate of drug-likeness (QED) is 0.570. The fourth-order valence-electron chi connectivity index (χ4n) is 1.21. The largest absolute Gasteiger partial charge is 0.382 e. The van der Waals surface area contributed by atoms with E-state index in [1.807, 2.05) is 11.4 Å². The molecular formula is C13H19NO3S. The molecule has 0 saturated carbocycles. The number of hydrogen-bond donors (Lipinski definition) is 1. The first kappa shape index (κ1) is 15.2. The first-order valence-corrected chi connectivity index (χ1v) is 6.65. The predicted molar refractivity (Wildman–Crippen MR) is 72.6 cm³/mol. The monoisotopic (exact) mass is 269 g/mol. The maximum Gasteiger partial charge on any atom is 0.0810 e. The molecule has 0 fully saturated rings. The number of ether oxygens (including phenoxy) is 3. The van der Waals surface area contributed by atoms with E-state index in [1.54, 1.807) is 18.4 Å². The third-order valence-electron chi connectivity index (χ3n) is 2.04. The summed E-state index contributed by atoms with van der Waals surface area (Å²) in [6.07, 6.45) is 0. The Kier molecular flexibility index (Phi) is 8.47. The molecule has 0 unspecified atom stereocenters. The van der Waals surface area contributed by atoms with E-state index in [0.717, 1.165) is 10.4 Å². The average molecular weight is 269 g/mol. The van der Waals surface area contributed by atoms with Crippen molar-refractivity contribution in [1.82, 2.24) is 0 Å². The lowest BCUT2D eigenvalue weighted by molar-refractivity contribution is 0.0205. The molecule has 100 valence electrons.